The highest BCUT2D eigenvalue weighted by molar-refractivity contribution is 8.76. The fourth-order valence-electron chi connectivity index (χ4n) is 6.30. The summed E-state index contributed by atoms with van der Waals surface area (Å²) in [5, 5.41) is 17.3. The quantitative estimate of drug-likeness (QED) is 0.0492. The molecule has 0 aliphatic rings. The molecule has 0 aromatic heterocycles. The van der Waals surface area contributed by atoms with Crippen molar-refractivity contribution in [2.45, 2.75) is 231 Å². The molecule has 274 valence electrons. The molecule has 0 aromatic rings. The molecule has 6 heteroatoms. The van der Waals surface area contributed by atoms with Crippen LogP contribution >= 0.6 is 21.6 Å². The maximum absolute atomic E-state index is 10.5. The van der Waals surface area contributed by atoms with Crippen molar-refractivity contribution in [1.82, 2.24) is 0 Å². The monoisotopic (exact) mass is 687 g/mol. The predicted molar refractivity (Wildman–Crippen MR) is 206 cm³/mol. The lowest BCUT2D eigenvalue weighted by Gasteiger charge is -2.05. The Hall–Kier alpha value is -0.360. The van der Waals surface area contributed by atoms with Gasteiger partial charge >= 0.3 is 11.9 Å². The molecule has 46 heavy (non-hydrogen) atoms. The third-order valence-electron chi connectivity index (χ3n) is 9.32. The van der Waals surface area contributed by atoms with Gasteiger partial charge in [0.15, 0.2) is 0 Å². The minimum absolute atomic E-state index is 0.340. The Morgan fingerprint density at radius 1 is 0.261 bits per heavy atom. The molecule has 0 spiro atoms. The van der Waals surface area contributed by atoms with Gasteiger partial charge in [0.1, 0.15) is 0 Å². The number of carboxylic acid groups (broad SMARTS) is 2. The maximum Gasteiger partial charge on any atom is 0.303 e. The van der Waals surface area contributed by atoms with Crippen LogP contribution < -0.4 is 0 Å². The van der Waals surface area contributed by atoms with E-state index in [-0.39, 0.29) is 0 Å². The standard InChI is InChI=1S/C40H78O4S2/c41-39(42)35-31-27-23-19-15-11-7-3-1-5-9-13-17-21-25-29-33-37-45-46-38-34-30-26-22-18-14-10-6-2-4-8-12-16-20-24-28-32-36-40(43)44/h1-38H2,(H,41,42)(H,43,44). The zero-order valence-corrected chi connectivity index (χ0v) is 32.0. The molecule has 0 saturated carbocycles. The molecular weight excluding hydrogens is 609 g/mol. The number of unbranched alkanes of at least 4 members (excludes halogenated alkanes) is 32. The largest absolute Gasteiger partial charge is 0.481 e. The van der Waals surface area contributed by atoms with Crippen LogP contribution in [-0.4, -0.2) is 33.7 Å². The van der Waals surface area contributed by atoms with Gasteiger partial charge in [0.05, 0.1) is 0 Å². The number of hydrogen-bond donors (Lipinski definition) is 2. The summed E-state index contributed by atoms with van der Waals surface area (Å²) in [4.78, 5) is 21.0. The van der Waals surface area contributed by atoms with Crippen LogP contribution in [0.3, 0.4) is 0 Å². The minimum Gasteiger partial charge on any atom is -0.481 e. The average molecular weight is 687 g/mol. The molecule has 0 aliphatic carbocycles. The fourth-order valence-corrected chi connectivity index (χ4v) is 8.59. The first-order chi connectivity index (χ1) is 22.6. The lowest BCUT2D eigenvalue weighted by atomic mass is 10.0. The molecule has 0 fully saturated rings. The average Bonchev–Trinajstić information content (AvgIpc) is 3.03. The third kappa shape index (κ3) is 43.6. The minimum atomic E-state index is -0.653. The van der Waals surface area contributed by atoms with Gasteiger partial charge in [0.25, 0.3) is 0 Å². The molecule has 0 radical (unpaired) electrons. The molecule has 0 amide bonds. The van der Waals surface area contributed by atoms with Gasteiger partial charge in [-0.2, -0.15) is 0 Å². The first kappa shape index (κ1) is 45.6. The maximum atomic E-state index is 10.5. The van der Waals surface area contributed by atoms with Crippen molar-refractivity contribution < 1.29 is 19.8 Å². The second kappa shape index (κ2) is 40.8. The van der Waals surface area contributed by atoms with E-state index in [1.54, 1.807) is 0 Å². The van der Waals surface area contributed by atoms with Gasteiger partial charge in [0.2, 0.25) is 0 Å². The summed E-state index contributed by atoms with van der Waals surface area (Å²) in [5.41, 5.74) is 0. The van der Waals surface area contributed by atoms with E-state index in [0.717, 1.165) is 25.7 Å². The lowest BCUT2D eigenvalue weighted by molar-refractivity contribution is -0.138. The number of hydrogen-bond acceptors (Lipinski definition) is 4. The lowest BCUT2D eigenvalue weighted by Crippen LogP contribution is -1.93. The molecule has 0 aliphatic heterocycles. The third-order valence-corrected chi connectivity index (χ3v) is 11.9. The highest BCUT2D eigenvalue weighted by Gasteiger charge is 2.00. The number of rotatable bonds is 41. The Morgan fingerprint density at radius 2 is 0.413 bits per heavy atom. The van der Waals surface area contributed by atoms with Crippen LogP contribution in [0.25, 0.3) is 0 Å². The second-order valence-corrected chi connectivity index (χ2v) is 16.7. The number of carboxylic acids is 2. The molecule has 0 bridgehead atoms. The van der Waals surface area contributed by atoms with Gasteiger partial charge in [-0.1, -0.05) is 214 Å². The summed E-state index contributed by atoms with van der Waals surface area (Å²) in [6, 6.07) is 0. The van der Waals surface area contributed by atoms with Crippen molar-refractivity contribution in [2.75, 3.05) is 11.5 Å². The number of aliphatic carboxylic acids is 2. The molecule has 2 N–H and O–H groups in total. The number of carbonyl (C=O) groups is 2. The Labute approximate surface area is 295 Å². The summed E-state index contributed by atoms with van der Waals surface area (Å²) in [6.07, 6.45) is 46.1. The summed E-state index contributed by atoms with van der Waals surface area (Å²) in [6.45, 7) is 0. The van der Waals surface area contributed by atoms with E-state index in [9.17, 15) is 9.59 Å². The molecule has 0 aromatic carbocycles. The van der Waals surface area contributed by atoms with E-state index in [1.807, 2.05) is 0 Å². The van der Waals surface area contributed by atoms with E-state index in [4.69, 9.17) is 10.2 Å². The van der Waals surface area contributed by atoms with Crippen LogP contribution in [0.15, 0.2) is 0 Å². The van der Waals surface area contributed by atoms with Crippen molar-refractivity contribution in [2.24, 2.45) is 0 Å². The molecular formula is C40H78O4S2. The van der Waals surface area contributed by atoms with Crippen molar-refractivity contribution in [3.05, 3.63) is 0 Å². The van der Waals surface area contributed by atoms with E-state index in [2.05, 4.69) is 21.6 Å². The van der Waals surface area contributed by atoms with Crippen LogP contribution in [0.2, 0.25) is 0 Å². The van der Waals surface area contributed by atoms with Crippen molar-refractivity contribution in [3.63, 3.8) is 0 Å². The Bertz CT molecular complexity index is 564. The smallest absolute Gasteiger partial charge is 0.303 e. The molecule has 0 saturated heterocycles. The van der Waals surface area contributed by atoms with Gasteiger partial charge in [-0.05, 0) is 25.7 Å². The van der Waals surface area contributed by atoms with Gasteiger partial charge in [-0.15, -0.1) is 0 Å². The van der Waals surface area contributed by atoms with Crippen molar-refractivity contribution in [3.8, 4) is 0 Å². The molecule has 0 rings (SSSR count). The first-order valence-corrected chi connectivity index (χ1v) is 22.8. The summed E-state index contributed by atoms with van der Waals surface area (Å²) in [7, 11) is 4.22. The van der Waals surface area contributed by atoms with E-state index in [1.165, 1.54) is 204 Å². The second-order valence-electron chi connectivity index (χ2n) is 14.0. The first-order valence-electron chi connectivity index (χ1n) is 20.3. The van der Waals surface area contributed by atoms with Crippen LogP contribution in [0.4, 0.5) is 0 Å². The van der Waals surface area contributed by atoms with Crippen LogP contribution in [0.5, 0.6) is 0 Å². The SMILES string of the molecule is O=C(O)CCCCCCCCCCCCCCCCCCCSSCCCCCCCCCCCCCCCCCCCC(=O)O. The van der Waals surface area contributed by atoms with Gasteiger partial charge in [-0.3, -0.25) is 9.59 Å². The highest BCUT2D eigenvalue weighted by Crippen LogP contribution is 2.25. The Balaban J connectivity index is 3.05. The van der Waals surface area contributed by atoms with Gasteiger partial charge in [-0.25, -0.2) is 0 Å². The van der Waals surface area contributed by atoms with E-state index >= 15 is 0 Å². The van der Waals surface area contributed by atoms with Crippen LogP contribution in [0, 0.1) is 0 Å². The molecule has 4 nitrogen and oxygen atoms in total. The van der Waals surface area contributed by atoms with Crippen molar-refractivity contribution in [1.29, 1.82) is 0 Å². The zero-order chi connectivity index (χ0) is 33.4. The summed E-state index contributed by atoms with van der Waals surface area (Å²) in [5.74, 6) is 1.37. The Kier molecular flexibility index (Phi) is 40.5. The molecule has 0 heterocycles. The summed E-state index contributed by atoms with van der Waals surface area (Å²) >= 11 is 0. The molecule has 0 atom stereocenters. The van der Waals surface area contributed by atoms with Crippen molar-refractivity contribution >= 4 is 33.5 Å². The van der Waals surface area contributed by atoms with E-state index in [0.29, 0.717) is 12.8 Å². The molecule has 0 unspecified atom stereocenters. The van der Waals surface area contributed by atoms with Crippen LogP contribution in [0.1, 0.15) is 231 Å². The summed E-state index contributed by atoms with van der Waals surface area (Å²) < 4.78 is 0. The van der Waals surface area contributed by atoms with E-state index < -0.39 is 11.9 Å². The fraction of sp³-hybridized carbons (Fsp3) is 0.950. The topological polar surface area (TPSA) is 74.6 Å². The highest BCUT2D eigenvalue weighted by atomic mass is 33.1. The van der Waals surface area contributed by atoms with Gasteiger partial charge in [0, 0.05) is 24.3 Å². The van der Waals surface area contributed by atoms with Crippen LogP contribution in [-0.2, 0) is 9.59 Å². The Morgan fingerprint density at radius 3 is 0.587 bits per heavy atom. The normalized spacial score (nSPS) is 11.4. The van der Waals surface area contributed by atoms with Gasteiger partial charge < -0.3 is 10.2 Å². The zero-order valence-electron chi connectivity index (χ0n) is 30.4. The predicted octanol–water partition coefficient (Wildman–Crippen LogP) is 14.6.